The van der Waals surface area contributed by atoms with Crippen molar-refractivity contribution in [3.63, 3.8) is 0 Å². The quantitative estimate of drug-likeness (QED) is 0.272. The Hall–Kier alpha value is -4.50. The fraction of sp³-hybridized carbons (Fsp3) is 0.226. The summed E-state index contributed by atoms with van der Waals surface area (Å²) in [5.41, 5.74) is 4.71. The van der Waals surface area contributed by atoms with Crippen LogP contribution in [0.5, 0.6) is 0 Å². The van der Waals surface area contributed by atoms with Crippen LogP contribution in [-0.4, -0.2) is 40.2 Å². The van der Waals surface area contributed by atoms with Gasteiger partial charge in [0.15, 0.2) is 0 Å². The lowest BCUT2D eigenvalue weighted by atomic mass is 9.88. The van der Waals surface area contributed by atoms with Gasteiger partial charge in [0.1, 0.15) is 6.29 Å². The van der Waals surface area contributed by atoms with E-state index in [1.807, 2.05) is 53.1 Å². The Bertz CT molecular complexity index is 1300. The number of carbonyl (C=O) groups is 2. The van der Waals surface area contributed by atoms with Crippen LogP contribution in [0.25, 0.3) is 0 Å². The number of hydrogen-bond donors (Lipinski definition) is 0. The summed E-state index contributed by atoms with van der Waals surface area (Å²) in [5, 5.41) is 9.01. The zero-order valence-corrected chi connectivity index (χ0v) is 20.9. The van der Waals surface area contributed by atoms with Crippen molar-refractivity contribution in [2.45, 2.75) is 31.2 Å². The molecule has 4 aromatic rings. The molecule has 37 heavy (non-hydrogen) atoms. The van der Waals surface area contributed by atoms with E-state index in [2.05, 4.69) is 35.3 Å². The van der Waals surface area contributed by atoms with E-state index in [1.54, 1.807) is 36.6 Å². The van der Waals surface area contributed by atoms with Crippen molar-refractivity contribution in [3.05, 3.63) is 125 Å². The van der Waals surface area contributed by atoms with Gasteiger partial charge in [-0.3, -0.25) is 4.79 Å². The third-order valence-corrected chi connectivity index (χ3v) is 6.70. The van der Waals surface area contributed by atoms with Gasteiger partial charge in [-0.1, -0.05) is 72.8 Å². The van der Waals surface area contributed by atoms with Gasteiger partial charge in [0.25, 0.3) is 0 Å². The summed E-state index contributed by atoms with van der Waals surface area (Å²) in [6, 6.07) is 30.1. The first-order valence-corrected chi connectivity index (χ1v) is 12.4. The Balaban J connectivity index is 1.41. The van der Waals surface area contributed by atoms with Crippen LogP contribution in [0.3, 0.4) is 0 Å². The molecule has 0 saturated carbocycles. The van der Waals surface area contributed by atoms with Gasteiger partial charge in [-0.2, -0.15) is 5.26 Å². The molecule has 0 bridgehead atoms. The van der Waals surface area contributed by atoms with Gasteiger partial charge in [0, 0.05) is 44.4 Å². The lowest BCUT2D eigenvalue weighted by Crippen LogP contribution is -2.30. The van der Waals surface area contributed by atoms with Crippen LogP contribution < -0.4 is 0 Å². The van der Waals surface area contributed by atoms with E-state index >= 15 is 0 Å². The Morgan fingerprint density at radius 2 is 1.62 bits per heavy atom. The molecule has 0 spiro atoms. The van der Waals surface area contributed by atoms with E-state index in [9.17, 15) is 9.59 Å². The highest BCUT2D eigenvalue weighted by atomic mass is 16.2. The topological polar surface area (TPSA) is 79.0 Å². The summed E-state index contributed by atoms with van der Waals surface area (Å²) in [5.74, 6) is -0.494. The zero-order chi connectivity index (χ0) is 26.0. The minimum atomic E-state index is -0.588. The highest BCUT2D eigenvalue weighted by Crippen LogP contribution is 2.28. The van der Waals surface area contributed by atoms with Gasteiger partial charge in [-0.25, -0.2) is 4.98 Å². The molecule has 4 rings (SSSR count). The largest absolute Gasteiger partial charge is 0.346 e. The maximum atomic E-state index is 13.1. The first-order chi connectivity index (χ1) is 18.1. The van der Waals surface area contributed by atoms with Gasteiger partial charge >= 0.3 is 0 Å². The standard InChI is InChI=1S/C31H30N4O2/c1-34(17-16-29(26-8-4-2-5-9-26)27-10-6-3-7-11-27)31(37)18-28(22-36)30-20-33-23-35(30)21-25-14-12-24(19-32)13-15-25/h2-15,20,22-23,28-29H,16-18,21H2,1H3/t28-/m1/s1. The van der Waals surface area contributed by atoms with Crippen LogP contribution >= 0.6 is 0 Å². The van der Waals surface area contributed by atoms with Crippen LogP contribution in [0.2, 0.25) is 0 Å². The van der Waals surface area contributed by atoms with E-state index in [0.717, 1.165) is 18.3 Å². The van der Waals surface area contributed by atoms with Crippen LogP contribution in [0.4, 0.5) is 0 Å². The molecule has 0 aliphatic carbocycles. The molecule has 3 aromatic carbocycles. The summed E-state index contributed by atoms with van der Waals surface area (Å²) in [4.78, 5) is 31.1. The maximum Gasteiger partial charge on any atom is 0.223 e. The number of imidazole rings is 1. The van der Waals surface area contributed by atoms with Crippen molar-refractivity contribution in [1.82, 2.24) is 14.5 Å². The highest BCUT2D eigenvalue weighted by Gasteiger charge is 2.23. The zero-order valence-electron chi connectivity index (χ0n) is 20.9. The van der Waals surface area contributed by atoms with Crippen molar-refractivity contribution in [2.75, 3.05) is 13.6 Å². The van der Waals surface area contributed by atoms with Crippen molar-refractivity contribution in [3.8, 4) is 6.07 Å². The second-order valence-electron chi connectivity index (χ2n) is 9.18. The molecule has 0 fully saturated rings. The average Bonchev–Trinajstić information content (AvgIpc) is 3.41. The Labute approximate surface area is 217 Å². The molecule has 0 saturated heterocycles. The van der Waals surface area contributed by atoms with E-state index in [0.29, 0.717) is 24.3 Å². The number of amides is 1. The smallest absolute Gasteiger partial charge is 0.223 e. The first-order valence-electron chi connectivity index (χ1n) is 12.4. The maximum absolute atomic E-state index is 13.1. The van der Waals surface area contributed by atoms with Gasteiger partial charge < -0.3 is 14.3 Å². The van der Waals surface area contributed by atoms with Crippen molar-refractivity contribution < 1.29 is 9.59 Å². The SMILES string of the molecule is CN(CCC(c1ccccc1)c1ccccc1)C(=O)C[C@H](C=O)c1cncn1Cc1ccc(C#N)cc1. The van der Waals surface area contributed by atoms with Crippen molar-refractivity contribution >= 4 is 12.2 Å². The molecular weight excluding hydrogens is 460 g/mol. The number of rotatable bonds is 11. The number of aromatic nitrogens is 2. The van der Waals surface area contributed by atoms with Gasteiger partial charge in [0.2, 0.25) is 5.91 Å². The van der Waals surface area contributed by atoms with Crippen molar-refractivity contribution in [2.24, 2.45) is 0 Å². The summed E-state index contributed by atoms with van der Waals surface area (Å²) < 4.78 is 1.88. The molecule has 1 heterocycles. The van der Waals surface area contributed by atoms with Crippen LogP contribution in [0.1, 0.15) is 52.6 Å². The normalized spacial score (nSPS) is 11.6. The number of nitriles is 1. The predicted octanol–water partition coefficient (Wildman–Crippen LogP) is 5.16. The predicted molar refractivity (Wildman–Crippen MR) is 143 cm³/mol. The molecule has 1 aromatic heterocycles. The molecule has 0 aliphatic heterocycles. The fourth-order valence-electron chi connectivity index (χ4n) is 4.56. The number of hydrogen-bond acceptors (Lipinski definition) is 4. The lowest BCUT2D eigenvalue weighted by Gasteiger charge is -2.24. The van der Waals surface area contributed by atoms with Gasteiger partial charge in [0.05, 0.1) is 23.9 Å². The third kappa shape index (κ3) is 6.59. The van der Waals surface area contributed by atoms with E-state index < -0.39 is 5.92 Å². The summed E-state index contributed by atoms with van der Waals surface area (Å²) in [6.45, 7) is 1.08. The molecule has 6 heteroatoms. The van der Waals surface area contributed by atoms with Crippen LogP contribution in [-0.2, 0) is 16.1 Å². The molecule has 186 valence electrons. The van der Waals surface area contributed by atoms with Gasteiger partial charge in [-0.15, -0.1) is 0 Å². The van der Waals surface area contributed by atoms with Crippen molar-refractivity contribution in [1.29, 1.82) is 5.26 Å². The van der Waals surface area contributed by atoms with E-state index in [1.165, 1.54) is 11.1 Å². The number of carbonyl (C=O) groups excluding carboxylic acids is 2. The minimum Gasteiger partial charge on any atom is -0.346 e. The summed E-state index contributed by atoms with van der Waals surface area (Å²) >= 11 is 0. The molecule has 0 radical (unpaired) electrons. The molecule has 6 nitrogen and oxygen atoms in total. The van der Waals surface area contributed by atoms with Crippen LogP contribution in [0.15, 0.2) is 97.5 Å². The number of aldehydes is 1. The molecule has 0 N–H and O–H groups in total. The highest BCUT2D eigenvalue weighted by molar-refractivity contribution is 5.81. The lowest BCUT2D eigenvalue weighted by molar-refractivity contribution is -0.131. The first kappa shape index (κ1) is 25.6. The Morgan fingerprint density at radius 1 is 1.00 bits per heavy atom. The number of nitrogens with zero attached hydrogens (tertiary/aromatic N) is 4. The second-order valence-corrected chi connectivity index (χ2v) is 9.18. The van der Waals surface area contributed by atoms with Crippen LogP contribution in [0, 0.1) is 11.3 Å². The third-order valence-electron chi connectivity index (χ3n) is 6.70. The minimum absolute atomic E-state index is 0.0805. The van der Waals surface area contributed by atoms with E-state index in [-0.39, 0.29) is 18.2 Å². The molecule has 1 atom stereocenters. The molecule has 1 amide bonds. The Kier molecular flexibility index (Phi) is 8.62. The second kappa shape index (κ2) is 12.5. The monoisotopic (exact) mass is 490 g/mol. The molecular formula is C31H30N4O2. The number of benzene rings is 3. The molecule has 0 aliphatic rings. The Morgan fingerprint density at radius 3 is 2.19 bits per heavy atom. The average molecular weight is 491 g/mol. The van der Waals surface area contributed by atoms with Gasteiger partial charge in [-0.05, 0) is 35.2 Å². The summed E-state index contributed by atoms with van der Waals surface area (Å²) in [7, 11) is 1.80. The molecule has 0 unspecified atom stereocenters. The van der Waals surface area contributed by atoms with E-state index in [4.69, 9.17) is 5.26 Å². The summed E-state index contributed by atoms with van der Waals surface area (Å²) in [6.07, 6.45) is 5.01. The fourth-order valence-corrected chi connectivity index (χ4v) is 4.56.